The summed E-state index contributed by atoms with van der Waals surface area (Å²) >= 11 is 5.94. The quantitative estimate of drug-likeness (QED) is 0.813. The predicted octanol–water partition coefficient (Wildman–Crippen LogP) is 4.21. The van der Waals surface area contributed by atoms with Crippen molar-refractivity contribution in [1.29, 1.82) is 0 Å². The van der Waals surface area contributed by atoms with Crippen LogP contribution in [0.2, 0.25) is 5.02 Å². The smallest absolute Gasteiger partial charge is 0.233 e. The minimum Gasteiger partial charge on any atom is -0.332 e. The van der Waals surface area contributed by atoms with Crippen molar-refractivity contribution in [3.8, 4) is 0 Å². The number of hydrogen-bond donors (Lipinski definition) is 0. The molecule has 2 nitrogen and oxygen atoms in total. The van der Waals surface area contributed by atoms with Gasteiger partial charge in [-0.25, -0.2) is 0 Å². The molecule has 0 fully saturated rings. The highest BCUT2D eigenvalue weighted by atomic mass is 35.5. The molecule has 22 heavy (non-hydrogen) atoms. The molecule has 1 aliphatic rings. The van der Waals surface area contributed by atoms with E-state index in [1.807, 2.05) is 61.7 Å². The molecular formula is C19H19ClNO. The van der Waals surface area contributed by atoms with Gasteiger partial charge in [0.25, 0.3) is 0 Å². The molecule has 0 aromatic heterocycles. The van der Waals surface area contributed by atoms with Crippen LogP contribution < -0.4 is 0 Å². The minimum absolute atomic E-state index is 0.115. The maximum Gasteiger partial charge on any atom is 0.233 e. The number of rotatable bonds is 2. The highest BCUT2D eigenvalue weighted by molar-refractivity contribution is 6.30. The Hall–Kier alpha value is -1.80. The first kappa shape index (κ1) is 15.1. The number of carbonyl (C=O) groups is 1. The molecule has 3 rings (SSSR count). The van der Waals surface area contributed by atoms with Crippen LogP contribution >= 0.6 is 11.6 Å². The van der Waals surface area contributed by atoms with E-state index < -0.39 is 5.41 Å². The second-order valence-electron chi connectivity index (χ2n) is 6.21. The van der Waals surface area contributed by atoms with Crippen molar-refractivity contribution in [2.24, 2.45) is 0 Å². The topological polar surface area (TPSA) is 20.3 Å². The monoisotopic (exact) mass is 312 g/mol. The second kappa shape index (κ2) is 5.77. The molecule has 0 saturated heterocycles. The molecule has 0 bridgehead atoms. The highest BCUT2D eigenvalue weighted by Crippen LogP contribution is 2.30. The molecule has 1 heterocycles. The summed E-state index contributed by atoms with van der Waals surface area (Å²) in [5.74, 6) is 0.115. The third kappa shape index (κ3) is 2.76. The molecule has 1 radical (unpaired) electrons. The summed E-state index contributed by atoms with van der Waals surface area (Å²) in [6, 6.07) is 15.8. The second-order valence-corrected chi connectivity index (χ2v) is 6.64. The highest BCUT2D eigenvalue weighted by Gasteiger charge is 2.35. The Morgan fingerprint density at radius 2 is 1.77 bits per heavy atom. The molecule has 0 N–H and O–H groups in total. The summed E-state index contributed by atoms with van der Waals surface area (Å²) in [5.41, 5.74) is 2.84. The standard InChI is InChI=1S/C19H19ClNO/c1-19(2,16-7-9-17(20)10-8-16)18(22)21-12-11-14-5-3-4-6-15(14)13-21/h3-10,13H,11-12H2,1-2H3. The van der Waals surface area contributed by atoms with Gasteiger partial charge in [-0.2, -0.15) is 0 Å². The average molecular weight is 313 g/mol. The van der Waals surface area contributed by atoms with E-state index in [0.29, 0.717) is 5.02 Å². The van der Waals surface area contributed by atoms with Crippen molar-refractivity contribution in [2.75, 3.05) is 6.54 Å². The van der Waals surface area contributed by atoms with Gasteiger partial charge in [-0.15, -0.1) is 0 Å². The number of fused-ring (bicyclic) bond motifs is 1. The van der Waals surface area contributed by atoms with E-state index in [2.05, 4.69) is 12.1 Å². The maximum absolute atomic E-state index is 13.0. The summed E-state index contributed by atoms with van der Waals surface area (Å²) < 4.78 is 0. The van der Waals surface area contributed by atoms with Gasteiger partial charge in [0.15, 0.2) is 0 Å². The normalized spacial score (nSPS) is 14.6. The van der Waals surface area contributed by atoms with Gasteiger partial charge in [-0.1, -0.05) is 48.0 Å². The van der Waals surface area contributed by atoms with Gasteiger partial charge in [0, 0.05) is 11.6 Å². The van der Waals surface area contributed by atoms with Crippen LogP contribution in [0.25, 0.3) is 0 Å². The zero-order valence-corrected chi connectivity index (χ0v) is 13.6. The van der Waals surface area contributed by atoms with E-state index in [4.69, 9.17) is 11.6 Å². The minimum atomic E-state index is -0.576. The summed E-state index contributed by atoms with van der Waals surface area (Å²) in [7, 11) is 0. The summed E-state index contributed by atoms with van der Waals surface area (Å²) in [6.45, 7) is 6.63. The molecule has 0 saturated carbocycles. The lowest BCUT2D eigenvalue weighted by atomic mass is 9.82. The van der Waals surface area contributed by atoms with E-state index in [1.165, 1.54) is 5.56 Å². The van der Waals surface area contributed by atoms with E-state index in [9.17, 15) is 4.79 Å². The number of amides is 1. The van der Waals surface area contributed by atoms with E-state index in [0.717, 1.165) is 24.1 Å². The predicted molar refractivity (Wildman–Crippen MR) is 89.7 cm³/mol. The lowest BCUT2D eigenvalue weighted by Crippen LogP contribution is -2.44. The van der Waals surface area contributed by atoms with E-state index in [1.54, 1.807) is 0 Å². The zero-order chi connectivity index (χ0) is 15.7. The fourth-order valence-electron chi connectivity index (χ4n) is 2.87. The van der Waals surface area contributed by atoms with Gasteiger partial charge in [-0.05, 0) is 49.1 Å². The number of carbonyl (C=O) groups excluding carboxylic acids is 1. The van der Waals surface area contributed by atoms with Gasteiger partial charge in [-0.3, -0.25) is 4.79 Å². The first-order valence-electron chi connectivity index (χ1n) is 7.48. The molecule has 0 atom stereocenters. The van der Waals surface area contributed by atoms with Crippen LogP contribution in [0.5, 0.6) is 0 Å². The third-order valence-electron chi connectivity index (χ3n) is 4.33. The fraction of sp³-hybridized carbons (Fsp3) is 0.263. The van der Waals surface area contributed by atoms with Crippen LogP contribution in [0.3, 0.4) is 0 Å². The molecule has 1 amide bonds. The molecule has 113 valence electrons. The van der Waals surface area contributed by atoms with Crippen LogP contribution in [0.1, 0.15) is 30.5 Å². The van der Waals surface area contributed by atoms with Crippen molar-refractivity contribution >= 4 is 17.5 Å². The molecule has 0 unspecified atom stereocenters. The van der Waals surface area contributed by atoms with Crippen LogP contribution in [-0.2, 0) is 16.6 Å². The van der Waals surface area contributed by atoms with Crippen LogP contribution in [0, 0.1) is 6.54 Å². The van der Waals surface area contributed by atoms with Gasteiger partial charge < -0.3 is 4.90 Å². The zero-order valence-electron chi connectivity index (χ0n) is 12.8. The van der Waals surface area contributed by atoms with Crippen molar-refractivity contribution in [3.05, 3.63) is 76.8 Å². The summed E-state index contributed by atoms with van der Waals surface area (Å²) in [5, 5.41) is 0.686. The SMILES string of the molecule is CC(C)(C(=O)N1[CH]c2ccccc2CC1)c1ccc(Cl)cc1. The molecule has 3 heteroatoms. The Morgan fingerprint density at radius 3 is 2.50 bits per heavy atom. The number of halogens is 1. The maximum atomic E-state index is 13.0. The van der Waals surface area contributed by atoms with Gasteiger partial charge in [0.1, 0.15) is 0 Å². The first-order valence-corrected chi connectivity index (χ1v) is 7.86. The van der Waals surface area contributed by atoms with Gasteiger partial charge in [0.05, 0.1) is 12.0 Å². The Morgan fingerprint density at radius 1 is 1.09 bits per heavy atom. The molecule has 0 aliphatic carbocycles. The van der Waals surface area contributed by atoms with E-state index in [-0.39, 0.29) is 5.91 Å². The van der Waals surface area contributed by atoms with Gasteiger partial charge >= 0.3 is 0 Å². The average Bonchev–Trinajstić information content (AvgIpc) is 2.54. The van der Waals surface area contributed by atoms with Crippen LogP contribution in [0.15, 0.2) is 48.5 Å². The third-order valence-corrected chi connectivity index (χ3v) is 4.59. The fourth-order valence-corrected chi connectivity index (χ4v) is 3.00. The number of benzene rings is 2. The molecule has 2 aromatic rings. The first-order chi connectivity index (χ1) is 10.5. The number of hydrogen-bond acceptors (Lipinski definition) is 1. The van der Waals surface area contributed by atoms with Crippen LogP contribution in [0.4, 0.5) is 0 Å². The van der Waals surface area contributed by atoms with Crippen molar-refractivity contribution in [3.63, 3.8) is 0 Å². The molecule has 0 spiro atoms. The van der Waals surface area contributed by atoms with E-state index >= 15 is 0 Å². The number of nitrogens with zero attached hydrogens (tertiary/aromatic N) is 1. The Balaban J connectivity index is 1.83. The lowest BCUT2D eigenvalue weighted by molar-refractivity contribution is -0.134. The summed E-state index contributed by atoms with van der Waals surface area (Å²) in [6.07, 6.45) is 0.898. The Bertz CT molecular complexity index is 691. The summed E-state index contributed by atoms with van der Waals surface area (Å²) in [4.78, 5) is 14.8. The lowest BCUT2D eigenvalue weighted by Gasteiger charge is -2.35. The van der Waals surface area contributed by atoms with Crippen molar-refractivity contribution < 1.29 is 4.79 Å². The molecular weight excluding hydrogens is 294 g/mol. The van der Waals surface area contributed by atoms with Crippen molar-refractivity contribution in [2.45, 2.75) is 25.7 Å². The van der Waals surface area contributed by atoms with Gasteiger partial charge in [0.2, 0.25) is 5.91 Å². The Kier molecular flexibility index (Phi) is 3.96. The molecule has 1 aliphatic heterocycles. The van der Waals surface area contributed by atoms with Crippen LogP contribution in [-0.4, -0.2) is 17.4 Å². The Labute approximate surface area is 136 Å². The van der Waals surface area contributed by atoms with Crippen molar-refractivity contribution in [1.82, 2.24) is 4.90 Å². The largest absolute Gasteiger partial charge is 0.332 e. The molecule has 2 aromatic carbocycles.